The number of fused-ring (bicyclic) bond motifs is 5. The van der Waals surface area contributed by atoms with Gasteiger partial charge in [0.05, 0.1) is 15.9 Å². The first kappa shape index (κ1) is 23.3. The molecule has 5 heterocycles. The van der Waals surface area contributed by atoms with Crippen LogP contribution in [0.25, 0.3) is 10.2 Å². The lowest BCUT2D eigenvalue weighted by Crippen LogP contribution is -2.46. The monoisotopic (exact) mass is 537 g/mol. The molecular formula is C27H28ClN5O3S. The van der Waals surface area contributed by atoms with Gasteiger partial charge in [-0.1, -0.05) is 30.9 Å². The molecule has 8 nitrogen and oxygen atoms in total. The number of anilines is 2. The summed E-state index contributed by atoms with van der Waals surface area (Å²) in [5, 5.41) is 4.50. The largest absolute Gasteiger partial charge is 0.342 e. The molecule has 1 saturated heterocycles. The van der Waals surface area contributed by atoms with Gasteiger partial charge in [-0.2, -0.15) is 0 Å². The van der Waals surface area contributed by atoms with Gasteiger partial charge < -0.3 is 10.2 Å². The molecule has 2 aliphatic heterocycles. The molecular weight excluding hydrogens is 510 g/mol. The number of carbonyl (C=O) groups excluding carboxylic acids is 2. The number of aromatic nitrogens is 3. The Kier molecular flexibility index (Phi) is 5.44. The molecule has 37 heavy (non-hydrogen) atoms. The van der Waals surface area contributed by atoms with Crippen LogP contribution in [-0.4, -0.2) is 44.2 Å². The van der Waals surface area contributed by atoms with Crippen LogP contribution in [-0.2, 0) is 23.2 Å². The van der Waals surface area contributed by atoms with Crippen molar-refractivity contribution in [3.05, 3.63) is 43.9 Å². The molecule has 0 aromatic carbocycles. The number of ketones is 1. The third-order valence-corrected chi connectivity index (χ3v) is 10.2. The number of hydrogen-bond donors (Lipinski definition) is 1. The molecule has 1 N–H and O–H groups in total. The molecule has 3 aromatic rings. The number of nitrogens with one attached hydrogen (secondary N) is 1. The highest BCUT2D eigenvalue weighted by Crippen LogP contribution is 2.45. The van der Waals surface area contributed by atoms with Crippen LogP contribution >= 0.6 is 22.9 Å². The average molecular weight is 538 g/mol. The Labute approximate surface area is 223 Å². The van der Waals surface area contributed by atoms with Gasteiger partial charge in [0, 0.05) is 30.3 Å². The number of halogens is 1. The van der Waals surface area contributed by atoms with E-state index in [0.717, 1.165) is 81.1 Å². The second-order valence-corrected chi connectivity index (χ2v) is 12.4. The fourth-order valence-corrected chi connectivity index (χ4v) is 8.36. The van der Waals surface area contributed by atoms with Gasteiger partial charge in [0.25, 0.3) is 5.56 Å². The van der Waals surface area contributed by atoms with E-state index in [0.29, 0.717) is 28.6 Å². The van der Waals surface area contributed by atoms with Crippen LogP contribution in [0.15, 0.2) is 17.2 Å². The zero-order chi connectivity index (χ0) is 25.3. The molecule has 1 amide bonds. The number of rotatable bonds is 3. The quantitative estimate of drug-likeness (QED) is 0.514. The molecule has 2 fully saturated rings. The first-order chi connectivity index (χ1) is 17.9. The Bertz CT molecular complexity index is 1520. The van der Waals surface area contributed by atoms with Crippen molar-refractivity contribution >= 4 is 56.4 Å². The summed E-state index contributed by atoms with van der Waals surface area (Å²) in [5.41, 5.74) is 1.15. The predicted octanol–water partition coefficient (Wildman–Crippen LogP) is 4.83. The highest BCUT2D eigenvalue weighted by molar-refractivity contribution is 7.19. The van der Waals surface area contributed by atoms with Gasteiger partial charge in [-0.15, -0.1) is 11.3 Å². The molecule has 1 atom stereocenters. The Morgan fingerprint density at radius 1 is 1.14 bits per heavy atom. The van der Waals surface area contributed by atoms with Gasteiger partial charge in [-0.05, 0) is 50.2 Å². The highest BCUT2D eigenvalue weighted by Gasteiger charge is 2.46. The van der Waals surface area contributed by atoms with Gasteiger partial charge in [0.15, 0.2) is 5.78 Å². The van der Waals surface area contributed by atoms with Crippen LogP contribution in [0.5, 0.6) is 0 Å². The van der Waals surface area contributed by atoms with Crippen LogP contribution in [0, 0.1) is 5.92 Å². The maximum absolute atomic E-state index is 13.8. The number of nitrogens with zero attached hydrogens (tertiary/aromatic N) is 4. The Hall–Kier alpha value is -2.78. The number of thiophene rings is 1. The maximum Gasteiger partial charge on any atom is 0.275 e. The van der Waals surface area contributed by atoms with E-state index in [-0.39, 0.29) is 23.2 Å². The van der Waals surface area contributed by atoms with Crippen molar-refractivity contribution in [2.45, 2.75) is 69.7 Å². The number of aryl methyl sites for hydroxylation is 1. The molecule has 0 radical (unpaired) electrons. The zero-order valence-electron chi connectivity index (χ0n) is 20.5. The molecule has 1 spiro atoms. The number of hydrogen-bond acceptors (Lipinski definition) is 7. The molecule has 7 rings (SSSR count). The summed E-state index contributed by atoms with van der Waals surface area (Å²) >= 11 is 8.24. The molecule has 0 bridgehead atoms. The first-order valence-corrected chi connectivity index (χ1v) is 14.4. The van der Waals surface area contributed by atoms with Crippen molar-refractivity contribution in [1.82, 2.24) is 19.4 Å². The van der Waals surface area contributed by atoms with Crippen LogP contribution in [0.4, 0.5) is 11.5 Å². The molecule has 4 aliphatic rings. The van der Waals surface area contributed by atoms with Crippen molar-refractivity contribution in [1.29, 1.82) is 0 Å². The summed E-state index contributed by atoms with van der Waals surface area (Å²) in [7, 11) is 0. The highest BCUT2D eigenvalue weighted by atomic mass is 35.5. The van der Waals surface area contributed by atoms with Crippen molar-refractivity contribution in [2.24, 2.45) is 5.92 Å². The molecule has 0 unspecified atom stereocenters. The lowest BCUT2D eigenvalue weighted by Gasteiger charge is -2.35. The Balaban J connectivity index is 1.27. The van der Waals surface area contributed by atoms with Crippen molar-refractivity contribution < 1.29 is 9.59 Å². The maximum atomic E-state index is 13.8. The number of amides is 1. The topological polar surface area (TPSA) is 97.2 Å². The fourth-order valence-electron chi connectivity index (χ4n) is 6.80. The molecule has 3 aromatic heterocycles. The average Bonchev–Trinajstić information content (AvgIpc) is 3.36. The number of likely N-dealkylation sites (tertiary alicyclic amines) is 1. The molecule has 10 heteroatoms. The van der Waals surface area contributed by atoms with Crippen molar-refractivity contribution in [3.8, 4) is 0 Å². The van der Waals surface area contributed by atoms with Gasteiger partial charge >= 0.3 is 0 Å². The van der Waals surface area contributed by atoms with Gasteiger partial charge in [0.2, 0.25) is 5.91 Å². The van der Waals surface area contributed by atoms with Crippen molar-refractivity contribution in [2.75, 3.05) is 18.4 Å². The number of pyridine rings is 1. The predicted molar refractivity (Wildman–Crippen MR) is 143 cm³/mol. The van der Waals surface area contributed by atoms with E-state index in [4.69, 9.17) is 11.6 Å². The Morgan fingerprint density at radius 3 is 2.70 bits per heavy atom. The number of carbonyl (C=O) groups is 2. The zero-order valence-corrected chi connectivity index (χ0v) is 22.1. The van der Waals surface area contributed by atoms with Crippen LogP contribution in [0.3, 0.4) is 0 Å². The third kappa shape index (κ3) is 3.57. The minimum Gasteiger partial charge on any atom is -0.342 e. The van der Waals surface area contributed by atoms with Crippen LogP contribution in [0.1, 0.15) is 72.3 Å². The van der Waals surface area contributed by atoms with Gasteiger partial charge in [-0.3, -0.25) is 19.0 Å². The van der Waals surface area contributed by atoms with E-state index in [9.17, 15) is 14.4 Å². The normalized spacial score (nSPS) is 22.1. The summed E-state index contributed by atoms with van der Waals surface area (Å²) < 4.78 is 1.69. The lowest BCUT2D eigenvalue weighted by atomic mass is 9.80. The summed E-state index contributed by atoms with van der Waals surface area (Å²) in [5.74, 6) is 0.820. The van der Waals surface area contributed by atoms with Gasteiger partial charge in [0.1, 0.15) is 28.4 Å². The van der Waals surface area contributed by atoms with Crippen molar-refractivity contribution in [3.63, 3.8) is 0 Å². The van der Waals surface area contributed by atoms with E-state index in [2.05, 4.69) is 15.3 Å². The van der Waals surface area contributed by atoms with E-state index >= 15 is 0 Å². The summed E-state index contributed by atoms with van der Waals surface area (Å²) in [6.07, 6.45) is 10.0. The smallest absolute Gasteiger partial charge is 0.275 e. The standard InChI is InChI=1S/C27H28ClN5O3S/c28-17-12-18(26(36)33-22(17)19(34)13-27(33)7-2-1-3-8-27)31-23-21-16-6-5-15(25(35)32-9-4-10-32)11-20(16)37-24(21)30-14-29-23/h12,14-15H,1-11,13H2,(H,29,30,31)/t15-/m0/s1. The molecule has 2 aliphatic carbocycles. The third-order valence-electron chi connectivity index (χ3n) is 8.78. The lowest BCUT2D eigenvalue weighted by molar-refractivity contribution is -0.139. The van der Waals surface area contributed by atoms with E-state index < -0.39 is 5.54 Å². The fraction of sp³-hybridized carbons (Fsp3) is 0.519. The van der Waals surface area contributed by atoms with E-state index in [1.54, 1.807) is 22.0 Å². The summed E-state index contributed by atoms with van der Waals surface area (Å²) in [4.78, 5) is 52.6. The number of Topliss-reactive ketones (excluding diaryl/α,β-unsaturated/α-hetero) is 1. The first-order valence-electron chi connectivity index (χ1n) is 13.3. The van der Waals surface area contributed by atoms with E-state index in [1.807, 2.05) is 4.90 Å². The van der Waals surface area contributed by atoms with Crippen LogP contribution < -0.4 is 10.9 Å². The Morgan fingerprint density at radius 2 is 1.95 bits per heavy atom. The van der Waals surface area contributed by atoms with E-state index in [1.165, 1.54) is 16.8 Å². The molecule has 1 saturated carbocycles. The second kappa shape index (κ2) is 8.63. The summed E-state index contributed by atoms with van der Waals surface area (Å²) in [6.45, 7) is 1.75. The summed E-state index contributed by atoms with van der Waals surface area (Å²) in [6, 6.07) is 1.57. The SMILES string of the molecule is O=C1CC2(CCCCC2)n2c1c(Cl)cc(Nc1ncnc3sc4c(c13)CC[C@H](C(=O)N1CCC1)C4)c2=O. The van der Waals surface area contributed by atoms with Gasteiger partial charge in [-0.25, -0.2) is 9.97 Å². The molecule has 192 valence electrons. The minimum atomic E-state index is -0.469. The van der Waals surface area contributed by atoms with Crippen LogP contribution in [0.2, 0.25) is 5.02 Å². The minimum absolute atomic E-state index is 0.0228. The second-order valence-electron chi connectivity index (χ2n) is 10.9.